The van der Waals surface area contributed by atoms with Crippen molar-refractivity contribution in [3.8, 4) is 0 Å². The van der Waals surface area contributed by atoms with Gasteiger partial charge in [-0.2, -0.15) is 13.2 Å². The molecule has 1 aliphatic carbocycles. The minimum atomic E-state index is -4.23. The van der Waals surface area contributed by atoms with Gasteiger partial charge in [0, 0.05) is 0 Å². The highest BCUT2D eigenvalue weighted by molar-refractivity contribution is 5.30. The lowest BCUT2D eigenvalue weighted by Gasteiger charge is -2.07. The fourth-order valence-corrected chi connectivity index (χ4v) is 2.06. The second kappa shape index (κ2) is 4.09. The van der Waals surface area contributed by atoms with Gasteiger partial charge in [-0.15, -0.1) is 0 Å². The van der Waals surface area contributed by atoms with Crippen molar-refractivity contribution in [1.29, 1.82) is 0 Å². The molecule has 0 bridgehead atoms. The number of benzene rings is 1. The fourth-order valence-electron chi connectivity index (χ4n) is 2.06. The van der Waals surface area contributed by atoms with Crippen LogP contribution in [0.15, 0.2) is 24.3 Å². The van der Waals surface area contributed by atoms with E-state index in [0.29, 0.717) is 11.8 Å². The predicted octanol–water partition coefficient (Wildman–Crippen LogP) is 3.03. The Labute approximate surface area is 92.7 Å². The molecule has 1 aromatic carbocycles. The molecule has 2 rings (SSSR count). The van der Waals surface area contributed by atoms with Gasteiger partial charge in [0.1, 0.15) is 0 Å². The van der Waals surface area contributed by atoms with E-state index in [0.717, 1.165) is 18.5 Å². The number of halogens is 3. The van der Waals surface area contributed by atoms with E-state index in [1.54, 1.807) is 12.1 Å². The van der Waals surface area contributed by atoms with Crippen molar-refractivity contribution < 1.29 is 13.2 Å². The van der Waals surface area contributed by atoms with Crippen molar-refractivity contribution in [2.45, 2.75) is 18.5 Å². The van der Waals surface area contributed by atoms with Crippen molar-refractivity contribution in [2.75, 3.05) is 13.6 Å². The molecule has 1 aromatic rings. The number of hydrogen-bond donors (Lipinski definition) is 1. The van der Waals surface area contributed by atoms with Crippen LogP contribution >= 0.6 is 0 Å². The molecule has 1 saturated carbocycles. The quantitative estimate of drug-likeness (QED) is 0.840. The molecule has 0 aromatic heterocycles. The zero-order valence-corrected chi connectivity index (χ0v) is 9.01. The van der Waals surface area contributed by atoms with Crippen LogP contribution in [0.3, 0.4) is 0 Å². The fraction of sp³-hybridized carbons (Fsp3) is 0.500. The van der Waals surface area contributed by atoms with Crippen molar-refractivity contribution in [3.05, 3.63) is 35.4 Å². The van der Waals surface area contributed by atoms with Crippen LogP contribution in [0.5, 0.6) is 0 Å². The predicted molar refractivity (Wildman–Crippen MR) is 56.2 cm³/mol. The number of hydrogen-bond acceptors (Lipinski definition) is 1. The maximum absolute atomic E-state index is 12.3. The minimum Gasteiger partial charge on any atom is -0.319 e. The molecular weight excluding hydrogens is 215 g/mol. The molecule has 1 fully saturated rings. The molecule has 0 radical (unpaired) electrons. The van der Waals surface area contributed by atoms with Crippen LogP contribution < -0.4 is 5.32 Å². The first kappa shape index (κ1) is 11.5. The molecule has 0 aliphatic heterocycles. The van der Waals surface area contributed by atoms with Crippen molar-refractivity contribution in [1.82, 2.24) is 5.32 Å². The number of rotatable bonds is 3. The summed E-state index contributed by atoms with van der Waals surface area (Å²) in [4.78, 5) is 0. The largest absolute Gasteiger partial charge is 0.416 e. The SMILES string of the molecule is CNC[C@H]1C[C@H]1c1ccc(C(F)(F)F)cc1. The monoisotopic (exact) mass is 229 g/mol. The molecule has 1 N–H and O–H groups in total. The molecule has 0 amide bonds. The van der Waals surface area contributed by atoms with Gasteiger partial charge in [0.15, 0.2) is 0 Å². The highest BCUT2D eigenvalue weighted by Crippen LogP contribution is 2.47. The van der Waals surface area contributed by atoms with Crippen LogP contribution in [-0.2, 0) is 6.18 Å². The number of nitrogens with one attached hydrogen (secondary N) is 1. The van der Waals surface area contributed by atoms with Gasteiger partial charge < -0.3 is 5.32 Å². The maximum Gasteiger partial charge on any atom is 0.416 e. The first-order valence-corrected chi connectivity index (χ1v) is 5.34. The Morgan fingerprint density at radius 1 is 1.25 bits per heavy atom. The Hall–Kier alpha value is -1.03. The summed E-state index contributed by atoms with van der Waals surface area (Å²) in [5, 5.41) is 3.09. The Kier molecular flexibility index (Phi) is 2.93. The molecule has 0 saturated heterocycles. The topological polar surface area (TPSA) is 12.0 Å². The summed E-state index contributed by atoms with van der Waals surface area (Å²) in [7, 11) is 1.89. The van der Waals surface area contributed by atoms with Crippen LogP contribution in [0.25, 0.3) is 0 Å². The summed E-state index contributed by atoms with van der Waals surface area (Å²) < 4.78 is 37.0. The van der Waals surface area contributed by atoms with E-state index in [-0.39, 0.29) is 0 Å². The van der Waals surface area contributed by atoms with E-state index in [1.807, 2.05) is 7.05 Å². The lowest BCUT2D eigenvalue weighted by atomic mass is 10.1. The lowest BCUT2D eigenvalue weighted by Crippen LogP contribution is -2.10. The Morgan fingerprint density at radius 2 is 1.88 bits per heavy atom. The van der Waals surface area contributed by atoms with Gasteiger partial charge in [-0.1, -0.05) is 12.1 Å². The third-order valence-corrected chi connectivity index (χ3v) is 3.06. The smallest absolute Gasteiger partial charge is 0.319 e. The van der Waals surface area contributed by atoms with Gasteiger partial charge in [0.2, 0.25) is 0 Å². The molecule has 2 atom stereocenters. The lowest BCUT2D eigenvalue weighted by molar-refractivity contribution is -0.137. The van der Waals surface area contributed by atoms with Crippen LogP contribution in [0.2, 0.25) is 0 Å². The van der Waals surface area contributed by atoms with E-state index in [9.17, 15) is 13.2 Å². The van der Waals surface area contributed by atoms with Gasteiger partial charge in [-0.05, 0) is 49.5 Å². The van der Waals surface area contributed by atoms with Crippen LogP contribution in [0.4, 0.5) is 13.2 Å². The van der Waals surface area contributed by atoms with Gasteiger partial charge in [-0.3, -0.25) is 0 Å². The first-order chi connectivity index (χ1) is 7.52. The third-order valence-electron chi connectivity index (χ3n) is 3.06. The average Bonchev–Trinajstić information content (AvgIpc) is 2.97. The Bertz CT molecular complexity index is 356. The zero-order valence-electron chi connectivity index (χ0n) is 9.01. The summed E-state index contributed by atoms with van der Waals surface area (Å²) >= 11 is 0. The third kappa shape index (κ3) is 2.38. The minimum absolute atomic E-state index is 0.440. The molecule has 0 heterocycles. The maximum atomic E-state index is 12.3. The summed E-state index contributed by atoms with van der Waals surface area (Å²) in [5.41, 5.74) is 0.454. The zero-order chi connectivity index (χ0) is 11.8. The van der Waals surface area contributed by atoms with Crippen molar-refractivity contribution in [3.63, 3.8) is 0 Å². The molecule has 4 heteroatoms. The van der Waals surface area contributed by atoms with E-state index >= 15 is 0 Å². The van der Waals surface area contributed by atoms with E-state index in [2.05, 4.69) is 5.32 Å². The van der Waals surface area contributed by atoms with Crippen LogP contribution in [0.1, 0.15) is 23.5 Å². The van der Waals surface area contributed by atoms with Crippen LogP contribution in [-0.4, -0.2) is 13.6 Å². The highest BCUT2D eigenvalue weighted by Gasteiger charge is 2.38. The molecule has 1 nitrogen and oxygen atoms in total. The van der Waals surface area contributed by atoms with Crippen molar-refractivity contribution >= 4 is 0 Å². The van der Waals surface area contributed by atoms with Gasteiger partial charge in [-0.25, -0.2) is 0 Å². The van der Waals surface area contributed by atoms with E-state index < -0.39 is 11.7 Å². The second-order valence-electron chi connectivity index (χ2n) is 4.28. The standard InChI is InChI=1S/C12H14F3N/c1-16-7-9-6-11(9)8-2-4-10(5-3-8)12(13,14)15/h2-5,9,11,16H,6-7H2,1H3/t9-,11+/m1/s1. The molecule has 0 spiro atoms. The summed E-state index contributed by atoms with van der Waals surface area (Å²) in [5.74, 6) is 1.02. The van der Waals surface area contributed by atoms with E-state index in [4.69, 9.17) is 0 Å². The summed E-state index contributed by atoms with van der Waals surface area (Å²) in [6.07, 6.45) is -3.15. The Morgan fingerprint density at radius 3 is 2.38 bits per heavy atom. The normalized spacial score (nSPS) is 24.5. The molecular formula is C12H14F3N. The van der Waals surface area contributed by atoms with Gasteiger partial charge in [0.25, 0.3) is 0 Å². The average molecular weight is 229 g/mol. The molecule has 0 unspecified atom stereocenters. The van der Waals surface area contributed by atoms with Crippen LogP contribution in [0, 0.1) is 5.92 Å². The molecule has 88 valence electrons. The first-order valence-electron chi connectivity index (χ1n) is 5.34. The van der Waals surface area contributed by atoms with Gasteiger partial charge >= 0.3 is 6.18 Å². The van der Waals surface area contributed by atoms with E-state index in [1.165, 1.54) is 12.1 Å². The van der Waals surface area contributed by atoms with Gasteiger partial charge in [0.05, 0.1) is 5.56 Å². The second-order valence-corrected chi connectivity index (χ2v) is 4.28. The Balaban J connectivity index is 2.04. The van der Waals surface area contributed by atoms with Crippen molar-refractivity contribution in [2.24, 2.45) is 5.92 Å². The summed E-state index contributed by atoms with van der Waals surface area (Å²) in [6, 6.07) is 5.54. The summed E-state index contributed by atoms with van der Waals surface area (Å²) in [6.45, 7) is 0.936. The molecule has 1 aliphatic rings. The molecule has 16 heavy (non-hydrogen) atoms. The number of alkyl halides is 3. The highest BCUT2D eigenvalue weighted by atomic mass is 19.4.